The lowest BCUT2D eigenvalue weighted by molar-refractivity contribution is -0.134. The topological polar surface area (TPSA) is 71.9 Å². The summed E-state index contributed by atoms with van der Waals surface area (Å²) >= 11 is 0. The average Bonchev–Trinajstić information content (AvgIpc) is 3.76. The zero-order valence-corrected chi connectivity index (χ0v) is 22.0. The van der Waals surface area contributed by atoms with Crippen LogP contribution in [-0.2, 0) is 4.79 Å². The van der Waals surface area contributed by atoms with E-state index in [2.05, 4.69) is 40.2 Å². The van der Waals surface area contributed by atoms with Crippen LogP contribution in [0.5, 0.6) is 11.5 Å². The summed E-state index contributed by atoms with van der Waals surface area (Å²) < 4.78 is 11.8. The number of rotatable bonds is 10. The van der Waals surface area contributed by atoms with E-state index in [0.717, 1.165) is 43.0 Å². The van der Waals surface area contributed by atoms with E-state index in [9.17, 15) is 9.90 Å². The van der Waals surface area contributed by atoms with E-state index in [0.29, 0.717) is 24.1 Å². The number of methoxy groups -OCH3 is 1. The summed E-state index contributed by atoms with van der Waals surface area (Å²) in [5, 5.41) is 10.6. The highest BCUT2D eigenvalue weighted by Gasteiger charge is 2.35. The van der Waals surface area contributed by atoms with Gasteiger partial charge in [0, 0.05) is 54.4 Å². The molecule has 6 nitrogen and oxygen atoms in total. The van der Waals surface area contributed by atoms with E-state index in [1.165, 1.54) is 29.3 Å². The van der Waals surface area contributed by atoms with Crippen LogP contribution in [-0.4, -0.2) is 51.7 Å². The summed E-state index contributed by atoms with van der Waals surface area (Å²) in [4.78, 5) is 18.1. The normalized spacial score (nSPS) is 17.0. The van der Waals surface area contributed by atoms with Crippen molar-refractivity contribution in [3.63, 3.8) is 0 Å². The van der Waals surface area contributed by atoms with Crippen LogP contribution in [0.2, 0.25) is 11.6 Å². The lowest BCUT2D eigenvalue weighted by atomic mass is 9.95. The molecule has 1 aliphatic carbocycles. The van der Waals surface area contributed by atoms with Crippen LogP contribution >= 0.6 is 0 Å². The third-order valence-corrected chi connectivity index (χ3v) is 11.3. The molecule has 1 saturated carbocycles. The lowest BCUT2D eigenvalue weighted by Gasteiger charge is -2.35. The summed E-state index contributed by atoms with van der Waals surface area (Å²) in [6.45, 7) is 2.62. The molecule has 0 unspecified atom stereocenters. The van der Waals surface area contributed by atoms with E-state index >= 15 is 0 Å². The van der Waals surface area contributed by atoms with Crippen LogP contribution < -0.4 is 19.6 Å². The second-order valence-corrected chi connectivity index (χ2v) is 13.2. The number of hydrogen-bond donors (Lipinski definition) is 1. The molecule has 1 atom stereocenters. The summed E-state index contributed by atoms with van der Waals surface area (Å²) in [5.41, 5.74) is 4.10. The molecule has 36 heavy (non-hydrogen) atoms. The minimum absolute atomic E-state index is 0.331. The molecule has 2 aliphatic rings. The fourth-order valence-corrected chi connectivity index (χ4v) is 8.52. The minimum atomic E-state index is -1.48. The number of aromatic nitrogens is 1. The first-order chi connectivity index (χ1) is 17.6. The highest BCUT2D eigenvalue weighted by molar-refractivity contribution is 6.77. The Kier molecular flexibility index (Phi) is 7.56. The van der Waals surface area contributed by atoms with E-state index in [4.69, 9.17) is 9.47 Å². The van der Waals surface area contributed by atoms with Crippen molar-refractivity contribution < 1.29 is 19.4 Å². The molecule has 2 heterocycles. The minimum Gasteiger partial charge on any atom is -0.497 e. The number of benzene rings is 2. The van der Waals surface area contributed by atoms with Gasteiger partial charge in [0.25, 0.3) is 0 Å². The van der Waals surface area contributed by atoms with Gasteiger partial charge in [0.2, 0.25) is 0 Å². The number of ether oxygens (including phenoxy) is 2. The van der Waals surface area contributed by atoms with Crippen LogP contribution in [0.25, 0.3) is 11.1 Å². The largest absolute Gasteiger partial charge is 0.497 e. The van der Waals surface area contributed by atoms with Crippen molar-refractivity contribution in [3.05, 3.63) is 67.0 Å². The molecule has 0 spiro atoms. The van der Waals surface area contributed by atoms with Crippen molar-refractivity contribution in [3.8, 4) is 22.6 Å². The molecule has 1 aromatic heterocycles. The zero-order valence-electron chi connectivity index (χ0n) is 20.8. The lowest BCUT2D eigenvalue weighted by Crippen LogP contribution is -2.36. The first-order valence-corrected chi connectivity index (χ1v) is 14.9. The molecular formula is C29H34N2O4Si. The van der Waals surface area contributed by atoms with Gasteiger partial charge in [-0.25, -0.2) is 0 Å². The molecule has 188 valence electrons. The number of carboxylic acids is 1. The van der Waals surface area contributed by atoms with E-state index in [-0.39, 0.29) is 0 Å². The Balaban J connectivity index is 1.21. The van der Waals surface area contributed by atoms with Crippen LogP contribution in [0.3, 0.4) is 0 Å². The number of anilines is 1. The SMILES string of the molecule is COc1ccc(-c2cccnc2)c(N2CCC(COc3cccc([Si@@H](CC(=O)O)C4CC4)c3)CC2)c1. The van der Waals surface area contributed by atoms with E-state index < -0.39 is 14.8 Å². The second kappa shape index (κ2) is 11.2. The molecule has 1 N–H and O–H groups in total. The second-order valence-electron chi connectivity index (χ2n) is 9.98. The Hall–Kier alpha value is -3.32. The molecule has 3 aromatic rings. The van der Waals surface area contributed by atoms with Gasteiger partial charge in [-0.05, 0) is 54.6 Å². The molecular weight excluding hydrogens is 468 g/mol. The number of hydrogen-bond acceptors (Lipinski definition) is 5. The molecule has 5 rings (SSSR count). The van der Waals surface area contributed by atoms with Crippen molar-refractivity contribution in [1.29, 1.82) is 0 Å². The Labute approximate surface area is 214 Å². The average molecular weight is 503 g/mol. The van der Waals surface area contributed by atoms with Gasteiger partial charge >= 0.3 is 5.97 Å². The van der Waals surface area contributed by atoms with Crippen LogP contribution in [0.4, 0.5) is 5.69 Å². The van der Waals surface area contributed by atoms with Gasteiger partial charge in [-0.15, -0.1) is 0 Å². The van der Waals surface area contributed by atoms with Crippen molar-refractivity contribution in [2.24, 2.45) is 5.92 Å². The number of aliphatic carboxylic acids is 1. The molecule has 2 fully saturated rings. The number of carboxylic acid groups (broad SMARTS) is 1. The van der Waals surface area contributed by atoms with Crippen LogP contribution in [0.15, 0.2) is 67.0 Å². The third kappa shape index (κ3) is 5.90. The number of piperidine rings is 1. The highest BCUT2D eigenvalue weighted by atomic mass is 28.3. The number of carbonyl (C=O) groups is 1. The third-order valence-electron chi connectivity index (χ3n) is 7.49. The molecule has 0 radical (unpaired) electrons. The maximum absolute atomic E-state index is 11.4. The summed E-state index contributed by atoms with van der Waals surface area (Å²) in [6.07, 6.45) is 8.19. The maximum atomic E-state index is 11.4. The van der Waals surface area contributed by atoms with Gasteiger partial charge < -0.3 is 19.5 Å². The van der Waals surface area contributed by atoms with Gasteiger partial charge in [0.1, 0.15) is 11.5 Å². The fourth-order valence-electron chi connectivity index (χ4n) is 5.30. The van der Waals surface area contributed by atoms with Gasteiger partial charge in [0.05, 0.1) is 22.5 Å². The van der Waals surface area contributed by atoms with E-state index in [1.807, 2.05) is 30.5 Å². The predicted molar refractivity (Wildman–Crippen MR) is 145 cm³/mol. The molecule has 7 heteroatoms. The molecule has 1 aliphatic heterocycles. The fraction of sp³-hybridized carbons (Fsp3) is 0.379. The monoisotopic (exact) mass is 502 g/mol. The van der Waals surface area contributed by atoms with Gasteiger partial charge in [-0.1, -0.05) is 36.2 Å². The van der Waals surface area contributed by atoms with Crippen LogP contribution in [0.1, 0.15) is 25.7 Å². The Morgan fingerprint density at radius 2 is 1.89 bits per heavy atom. The van der Waals surface area contributed by atoms with E-state index in [1.54, 1.807) is 13.3 Å². The standard InChI is InChI=1S/C29H34N2O4Si/c1-34-23-7-10-27(22-4-3-13-30-18-22)28(17-23)31-14-11-21(12-15-31)19-35-24-5-2-6-26(16-24)36(20-29(32)33)25-8-9-25/h2-7,10,13,16-18,21,25,36H,8-9,11-12,14-15,19-20H2,1H3,(H,32,33)/t36-/m0/s1. The zero-order chi connectivity index (χ0) is 24.9. The van der Waals surface area contributed by atoms with Crippen molar-refractivity contribution >= 4 is 25.6 Å². The molecule has 1 saturated heterocycles. The van der Waals surface area contributed by atoms with Gasteiger partial charge in [-0.2, -0.15) is 0 Å². The number of pyridine rings is 1. The number of nitrogens with zero attached hydrogens (tertiary/aromatic N) is 2. The first kappa shape index (κ1) is 24.4. The Morgan fingerprint density at radius 3 is 2.58 bits per heavy atom. The maximum Gasteiger partial charge on any atom is 0.300 e. The van der Waals surface area contributed by atoms with Crippen molar-refractivity contribution in [2.45, 2.75) is 37.3 Å². The Morgan fingerprint density at radius 1 is 1.06 bits per heavy atom. The summed E-state index contributed by atoms with van der Waals surface area (Å²) in [5.74, 6) is 1.57. The van der Waals surface area contributed by atoms with Gasteiger partial charge in [0.15, 0.2) is 0 Å². The molecule has 2 aromatic carbocycles. The molecule has 0 amide bonds. The highest BCUT2D eigenvalue weighted by Crippen LogP contribution is 2.40. The quantitative estimate of drug-likeness (QED) is 0.404. The smallest absolute Gasteiger partial charge is 0.300 e. The summed E-state index contributed by atoms with van der Waals surface area (Å²) in [7, 11) is 0.225. The van der Waals surface area contributed by atoms with Gasteiger partial charge in [-0.3, -0.25) is 9.78 Å². The molecule has 0 bridgehead atoms. The van der Waals surface area contributed by atoms with Crippen molar-refractivity contribution in [1.82, 2.24) is 4.98 Å². The first-order valence-electron chi connectivity index (χ1n) is 12.9. The Bertz CT molecular complexity index is 1180. The predicted octanol–water partition coefficient (Wildman–Crippen LogP) is 4.74. The van der Waals surface area contributed by atoms with Crippen molar-refractivity contribution in [2.75, 3.05) is 31.7 Å². The van der Waals surface area contributed by atoms with Crippen LogP contribution in [0, 0.1) is 5.92 Å². The summed E-state index contributed by atoms with van der Waals surface area (Å²) in [6, 6.07) is 18.9.